The molecule has 0 atom stereocenters. The maximum absolute atomic E-state index is 12.8. The van der Waals surface area contributed by atoms with Gasteiger partial charge in [-0.3, -0.25) is 9.69 Å². The number of hydrogen-bond donors (Lipinski definition) is 0. The molecular formula is C22H28ClN3O. The van der Waals surface area contributed by atoms with Gasteiger partial charge in [-0.15, -0.1) is 0 Å². The van der Waals surface area contributed by atoms with Crippen LogP contribution in [0.5, 0.6) is 0 Å². The average Bonchev–Trinajstić information content (AvgIpc) is 2.72. The predicted octanol–water partition coefficient (Wildman–Crippen LogP) is 4.14. The van der Waals surface area contributed by atoms with Gasteiger partial charge in [-0.25, -0.2) is 0 Å². The van der Waals surface area contributed by atoms with E-state index in [4.69, 9.17) is 11.6 Å². The second-order valence-corrected chi connectivity index (χ2v) is 7.35. The van der Waals surface area contributed by atoms with E-state index in [2.05, 4.69) is 35.8 Å². The van der Waals surface area contributed by atoms with Crippen molar-refractivity contribution >= 4 is 23.2 Å². The van der Waals surface area contributed by atoms with Gasteiger partial charge in [0.05, 0.1) is 0 Å². The Morgan fingerprint density at radius 2 is 1.52 bits per heavy atom. The number of rotatable bonds is 6. The highest BCUT2D eigenvalue weighted by Crippen LogP contribution is 2.20. The SMILES string of the molecule is CCN(CC)Cc1ccc(C(=O)N2CCN(c3ccc(Cl)cc3)CC2)cc1. The van der Waals surface area contributed by atoms with Crippen molar-refractivity contribution in [2.24, 2.45) is 0 Å². The second kappa shape index (κ2) is 9.25. The number of carbonyl (C=O) groups excluding carboxylic acids is 1. The van der Waals surface area contributed by atoms with Crippen molar-refractivity contribution in [2.45, 2.75) is 20.4 Å². The Labute approximate surface area is 167 Å². The highest BCUT2D eigenvalue weighted by Gasteiger charge is 2.22. The van der Waals surface area contributed by atoms with Crippen molar-refractivity contribution in [3.63, 3.8) is 0 Å². The zero-order valence-electron chi connectivity index (χ0n) is 16.2. The topological polar surface area (TPSA) is 26.8 Å². The van der Waals surface area contributed by atoms with Crippen LogP contribution in [0.4, 0.5) is 5.69 Å². The molecule has 0 aliphatic carbocycles. The molecule has 27 heavy (non-hydrogen) atoms. The van der Waals surface area contributed by atoms with Crippen LogP contribution >= 0.6 is 11.6 Å². The average molecular weight is 386 g/mol. The number of anilines is 1. The maximum atomic E-state index is 12.8. The lowest BCUT2D eigenvalue weighted by atomic mass is 10.1. The lowest BCUT2D eigenvalue weighted by Gasteiger charge is -2.36. The number of piperazine rings is 1. The number of hydrogen-bond acceptors (Lipinski definition) is 3. The Hall–Kier alpha value is -2.04. The van der Waals surface area contributed by atoms with E-state index in [0.29, 0.717) is 0 Å². The third-order valence-corrected chi connectivity index (χ3v) is 5.51. The second-order valence-electron chi connectivity index (χ2n) is 6.91. The van der Waals surface area contributed by atoms with Crippen LogP contribution in [0.25, 0.3) is 0 Å². The Bertz CT molecular complexity index is 733. The molecule has 5 heteroatoms. The number of halogens is 1. The first kappa shape index (κ1) is 19.7. The molecule has 3 rings (SSSR count). The van der Waals surface area contributed by atoms with Gasteiger partial charge in [0.2, 0.25) is 0 Å². The van der Waals surface area contributed by atoms with E-state index in [1.807, 2.05) is 41.3 Å². The summed E-state index contributed by atoms with van der Waals surface area (Å²) in [5.41, 5.74) is 3.19. The molecule has 0 spiro atoms. The van der Waals surface area contributed by atoms with E-state index >= 15 is 0 Å². The first-order chi connectivity index (χ1) is 13.1. The van der Waals surface area contributed by atoms with Crippen molar-refractivity contribution < 1.29 is 4.79 Å². The molecule has 1 aliphatic rings. The fourth-order valence-electron chi connectivity index (χ4n) is 3.46. The lowest BCUT2D eigenvalue weighted by Crippen LogP contribution is -2.48. The van der Waals surface area contributed by atoms with E-state index in [9.17, 15) is 4.79 Å². The van der Waals surface area contributed by atoms with Gasteiger partial charge in [0.15, 0.2) is 0 Å². The normalized spacial score (nSPS) is 14.7. The standard InChI is InChI=1S/C22H28ClN3O/c1-3-24(4-2)17-18-5-7-19(8-6-18)22(27)26-15-13-25(14-16-26)21-11-9-20(23)10-12-21/h5-12H,3-4,13-17H2,1-2H3. The van der Waals surface area contributed by atoms with Crippen LogP contribution in [-0.2, 0) is 6.54 Å². The summed E-state index contributed by atoms with van der Waals surface area (Å²) in [6, 6.07) is 16.0. The summed E-state index contributed by atoms with van der Waals surface area (Å²) in [6.45, 7) is 10.5. The molecule has 0 radical (unpaired) electrons. The predicted molar refractivity (Wildman–Crippen MR) is 113 cm³/mol. The minimum absolute atomic E-state index is 0.125. The number of nitrogens with zero attached hydrogens (tertiary/aromatic N) is 3. The van der Waals surface area contributed by atoms with E-state index in [1.54, 1.807) is 0 Å². The smallest absolute Gasteiger partial charge is 0.253 e. The van der Waals surface area contributed by atoms with Crippen LogP contribution in [0.2, 0.25) is 5.02 Å². The summed E-state index contributed by atoms with van der Waals surface area (Å²) in [7, 11) is 0. The molecule has 0 unspecified atom stereocenters. The van der Waals surface area contributed by atoms with Gasteiger partial charge in [0, 0.05) is 49.0 Å². The summed E-state index contributed by atoms with van der Waals surface area (Å²) >= 11 is 5.96. The monoisotopic (exact) mass is 385 g/mol. The van der Waals surface area contributed by atoms with Crippen LogP contribution in [0.3, 0.4) is 0 Å². The van der Waals surface area contributed by atoms with Gasteiger partial charge in [0.25, 0.3) is 5.91 Å². The van der Waals surface area contributed by atoms with E-state index in [0.717, 1.165) is 62.1 Å². The first-order valence-electron chi connectivity index (χ1n) is 9.71. The summed E-state index contributed by atoms with van der Waals surface area (Å²) in [6.07, 6.45) is 0. The van der Waals surface area contributed by atoms with Crippen LogP contribution in [-0.4, -0.2) is 55.0 Å². The van der Waals surface area contributed by atoms with E-state index in [1.165, 1.54) is 5.56 Å². The molecular weight excluding hydrogens is 358 g/mol. The van der Waals surface area contributed by atoms with Gasteiger partial charge in [0.1, 0.15) is 0 Å². The van der Waals surface area contributed by atoms with Gasteiger partial charge in [-0.1, -0.05) is 37.6 Å². The molecule has 1 heterocycles. The van der Waals surface area contributed by atoms with Crippen molar-refractivity contribution in [2.75, 3.05) is 44.2 Å². The maximum Gasteiger partial charge on any atom is 0.253 e. The van der Waals surface area contributed by atoms with Gasteiger partial charge in [-0.2, -0.15) is 0 Å². The minimum Gasteiger partial charge on any atom is -0.368 e. The largest absolute Gasteiger partial charge is 0.368 e. The molecule has 1 amide bonds. The summed E-state index contributed by atoms with van der Waals surface area (Å²) in [4.78, 5) is 19.4. The number of carbonyl (C=O) groups is 1. The highest BCUT2D eigenvalue weighted by atomic mass is 35.5. The fraction of sp³-hybridized carbons (Fsp3) is 0.409. The van der Waals surface area contributed by atoms with Crippen molar-refractivity contribution in [1.29, 1.82) is 0 Å². The van der Waals surface area contributed by atoms with Crippen LogP contribution in [0.15, 0.2) is 48.5 Å². The summed E-state index contributed by atoms with van der Waals surface area (Å²) < 4.78 is 0. The molecule has 4 nitrogen and oxygen atoms in total. The molecule has 0 aromatic heterocycles. The molecule has 1 saturated heterocycles. The molecule has 0 bridgehead atoms. The molecule has 0 N–H and O–H groups in total. The molecule has 2 aromatic carbocycles. The van der Waals surface area contributed by atoms with Crippen LogP contribution in [0, 0.1) is 0 Å². The van der Waals surface area contributed by atoms with Crippen molar-refractivity contribution in [3.8, 4) is 0 Å². The summed E-state index contributed by atoms with van der Waals surface area (Å²) in [5.74, 6) is 0.125. The van der Waals surface area contributed by atoms with Gasteiger partial charge >= 0.3 is 0 Å². The van der Waals surface area contributed by atoms with E-state index < -0.39 is 0 Å². The first-order valence-corrected chi connectivity index (χ1v) is 10.1. The Balaban J connectivity index is 1.56. The number of amides is 1. The highest BCUT2D eigenvalue weighted by molar-refractivity contribution is 6.30. The molecule has 0 saturated carbocycles. The molecule has 1 fully saturated rings. The minimum atomic E-state index is 0.125. The Morgan fingerprint density at radius 1 is 0.926 bits per heavy atom. The van der Waals surface area contributed by atoms with Gasteiger partial charge < -0.3 is 9.80 Å². The lowest BCUT2D eigenvalue weighted by molar-refractivity contribution is 0.0747. The molecule has 144 valence electrons. The van der Waals surface area contributed by atoms with Crippen LogP contribution in [0.1, 0.15) is 29.8 Å². The molecule has 2 aromatic rings. The quantitative estimate of drug-likeness (QED) is 0.747. The fourth-order valence-corrected chi connectivity index (χ4v) is 3.59. The number of benzene rings is 2. The third-order valence-electron chi connectivity index (χ3n) is 5.26. The Morgan fingerprint density at radius 3 is 2.07 bits per heavy atom. The van der Waals surface area contributed by atoms with Gasteiger partial charge in [-0.05, 0) is 55.1 Å². The zero-order chi connectivity index (χ0) is 19.2. The zero-order valence-corrected chi connectivity index (χ0v) is 17.0. The third kappa shape index (κ3) is 5.02. The van der Waals surface area contributed by atoms with Crippen LogP contribution < -0.4 is 4.90 Å². The van der Waals surface area contributed by atoms with Crippen molar-refractivity contribution in [3.05, 3.63) is 64.7 Å². The molecule has 1 aliphatic heterocycles. The van der Waals surface area contributed by atoms with E-state index in [-0.39, 0.29) is 5.91 Å². The Kier molecular flexibility index (Phi) is 6.75. The summed E-state index contributed by atoms with van der Waals surface area (Å²) in [5, 5.41) is 0.747. The van der Waals surface area contributed by atoms with Crippen molar-refractivity contribution in [1.82, 2.24) is 9.80 Å².